The lowest BCUT2D eigenvalue weighted by molar-refractivity contribution is 0.112. The fourth-order valence-corrected chi connectivity index (χ4v) is 1.02. The summed E-state index contributed by atoms with van der Waals surface area (Å²) in [5, 5.41) is 0. The van der Waals surface area contributed by atoms with E-state index in [4.69, 9.17) is 5.73 Å². The molecule has 0 amide bonds. The summed E-state index contributed by atoms with van der Waals surface area (Å²) in [5.41, 5.74) is 6.16. The highest BCUT2D eigenvalue weighted by molar-refractivity contribution is 5.97. The van der Waals surface area contributed by atoms with Crippen LogP contribution in [0.25, 0.3) is 0 Å². The monoisotopic (exact) mass is 180 g/mol. The number of carbonyl (C=O) groups is 1. The molecular formula is C9H9FN2O. The number of anilines is 1. The molecule has 2 N–H and O–H groups in total. The molecule has 0 spiro atoms. The van der Waals surface area contributed by atoms with Crippen molar-refractivity contribution in [1.82, 2.24) is 0 Å². The predicted molar refractivity (Wildman–Crippen MR) is 49.7 cm³/mol. The third-order valence-corrected chi connectivity index (χ3v) is 1.64. The molecule has 4 heteroatoms. The van der Waals surface area contributed by atoms with Crippen molar-refractivity contribution < 1.29 is 9.18 Å². The summed E-state index contributed by atoms with van der Waals surface area (Å²) in [6, 6.07) is 2.56. The van der Waals surface area contributed by atoms with Gasteiger partial charge in [-0.15, -0.1) is 0 Å². The van der Waals surface area contributed by atoms with Crippen molar-refractivity contribution in [2.24, 2.45) is 4.99 Å². The van der Waals surface area contributed by atoms with E-state index in [0.717, 1.165) is 6.07 Å². The van der Waals surface area contributed by atoms with Gasteiger partial charge in [0.15, 0.2) is 6.29 Å². The van der Waals surface area contributed by atoms with Crippen LogP contribution < -0.4 is 5.73 Å². The Morgan fingerprint density at radius 3 is 2.69 bits per heavy atom. The molecular weight excluding hydrogens is 171 g/mol. The smallest absolute Gasteiger partial charge is 0.153 e. The van der Waals surface area contributed by atoms with Gasteiger partial charge < -0.3 is 5.73 Å². The van der Waals surface area contributed by atoms with Gasteiger partial charge in [0.05, 0.1) is 5.56 Å². The normalized spacial score (nSPS) is 10.6. The summed E-state index contributed by atoms with van der Waals surface area (Å²) in [7, 11) is 1.53. The van der Waals surface area contributed by atoms with Crippen LogP contribution in [0.15, 0.2) is 17.1 Å². The maximum Gasteiger partial charge on any atom is 0.153 e. The zero-order valence-corrected chi connectivity index (χ0v) is 7.12. The first kappa shape index (κ1) is 9.38. The predicted octanol–water partition coefficient (Wildman–Crippen LogP) is 1.27. The lowest BCUT2D eigenvalue weighted by atomic mass is 10.1. The number of nitrogen functional groups attached to an aromatic ring is 1. The van der Waals surface area contributed by atoms with Crippen LogP contribution in [0.4, 0.5) is 10.1 Å². The quantitative estimate of drug-likeness (QED) is 0.423. The van der Waals surface area contributed by atoms with Crippen molar-refractivity contribution in [2.75, 3.05) is 12.8 Å². The van der Waals surface area contributed by atoms with Crippen LogP contribution in [0, 0.1) is 5.82 Å². The van der Waals surface area contributed by atoms with Gasteiger partial charge in [0.25, 0.3) is 0 Å². The molecule has 0 bridgehead atoms. The van der Waals surface area contributed by atoms with E-state index in [1.165, 1.54) is 19.3 Å². The number of nitrogens with zero attached hydrogens (tertiary/aromatic N) is 1. The van der Waals surface area contributed by atoms with Gasteiger partial charge in [-0.1, -0.05) is 0 Å². The molecule has 1 rings (SSSR count). The topological polar surface area (TPSA) is 55.4 Å². The molecule has 0 heterocycles. The van der Waals surface area contributed by atoms with Crippen LogP contribution in [0.1, 0.15) is 15.9 Å². The molecule has 0 aliphatic heterocycles. The molecule has 0 radical (unpaired) electrons. The van der Waals surface area contributed by atoms with E-state index in [1.807, 2.05) is 0 Å². The largest absolute Gasteiger partial charge is 0.398 e. The van der Waals surface area contributed by atoms with Crippen LogP contribution >= 0.6 is 0 Å². The molecule has 0 aliphatic rings. The number of rotatable bonds is 2. The molecule has 0 atom stereocenters. The van der Waals surface area contributed by atoms with E-state index in [9.17, 15) is 9.18 Å². The minimum absolute atomic E-state index is 0.0504. The van der Waals surface area contributed by atoms with E-state index in [-0.39, 0.29) is 5.56 Å². The highest BCUT2D eigenvalue weighted by atomic mass is 19.1. The maximum absolute atomic E-state index is 13.0. The molecule has 0 saturated carbocycles. The average Bonchev–Trinajstić information content (AvgIpc) is 2.12. The standard InChI is InChI=1S/C9H9FN2O/c1-12-4-6-7(5-13)8(10)2-3-9(6)11/h2-5H,11H2,1H3. The molecule has 1 aromatic rings. The Kier molecular flexibility index (Phi) is 2.74. The van der Waals surface area contributed by atoms with Gasteiger partial charge in [-0.2, -0.15) is 0 Å². The molecule has 0 fully saturated rings. The van der Waals surface area contributed by atoms with E-state index in [0.29, 0.717) is 17.5 Å². The number of hydrogen-bond acceptors (Lipinski definition) is 3. The fraction of sp³-hybridized carbons (Fsp3) is 0.111. The van der Waals surface area contributed by atoms with Crippen LogP contribution in [-0.4, -0.2) is 19.5 Å². The molecule has 3 nitrogen and oxygen atoms in total. The van der Waals surface area contributed by atoms with Crippen molar-refractivity contribution in [1.29, 1.82) is 0 Å². The molecule has 68 valence electrons. The van der Waals surface area contributed by atoms with E-state index in [2.05, 4.69) is 4.99 Å². The Morgan fingerprint density at radius 2 is 2.15 bits per heavy atom. The summed E-state index contributed by atoms with van der Waals surface area (Å²) in [4.78, 5) is 14.2. The number of aldehydes is 1. The first-order valence-corrected chi connectivity index (χ1v) is 3.66. The van der Waals surface area contributed by atoms with Crippen molar-refractivity contribution in [3.63, 3.8) is 0 Å². The molecule has 0 aliphatic carbocycles. The molecule has 0 unspecified atom stereocenters. The molecule has 1 aromatic carbocycles. The van der Waals surface area contributed by atoms with Crippen LogP contribution in [0.5, 0.6) is 0 Å². The Labute approximate surface area is 75.1 Å². The van der Waals surface area contributed by atoms with Gasteiger partial charge in [-0.3, -0.25) is 9.79 Å². The van der Waals surface area contributed by atoms with E-state index >= 15 is 0 Å². The summed E-state index contributed by atoms with van der Waals surface area (Å²) < 4.78 is 13.0. The molecule has 0 saturated heterocycles. The third kappa shape index (κ3) is 1.72. The Bertz CT molecular complexity index is 361. The number of hydrogen-bond donors (Lipinski definition) is 1. The van der Waals surface area contributed by atoms with Gasteiger partial charge in [-0.05, 0) is 12.1 Å². The van der Waals surface area contributed by atoms with E-state index in [1.54, 1.807) is 0 Å². The fourth-order valence-electron chi connectivity index (χ4n) is 1.02. The zero-order valence-electron chi connectivity index (χ0n) is 7.12. The van der Waals surface area contributed by atoms with Gasteiger partial charge in [0, 0.05) is 24.5 Å². The highest BCUT2D eigenvalue weighted by Gasteiger charge is 2.08. The van der Waals surface area contributed by atoms with Crippen LogP contribution in [0.2, 0.25) is 0 Å². The average molecular weight is 180 g/mol. The van der Waals surface area contributed by atoms with E-state index < -0.39 is 5.82 Å². The maximum atomic E-state index is 13.0. The second-order valence-corrected chi connectivity index (χ2v) is 2.47. The van der Waals surface area contributed by atoms with Crippen molar-refractivity contribution in [2.45, 2.75) is 0 Å². The number of aliphatic imine (C=N–C) groups is 1. The zero-order chi connectivity index (χ0) is 9.84. The third-order valence-electron chi connectivity index (χ3n) is 1.64. The van der Waals surface area contributed by atoms with Gasteiger partial charge in [0.1, 0.15) is 5.82 Å². The minimum atomic E-state index is -0.584. The second kappa shape index (κ2) is 3.80. The first-order chi connectivity index (χ1) is 6.20. The summed E-state index contributed by atoms with van der Waals surface area (Å²) >= 11 is 0. The van der Waals surface area contributed by atoms with Gasteiger partial charge in [0.2, 0.25) is 0 Å². The lowest BCUT2D eigenvalue weighted by Crippen LogP contribution is -2.01. The summed E-state index contributed by atoms with van der Waals surface area (Å²) in [5.74, 6) is -0.584. The van der Waals surface area contributed by atoms with Crippen LogP contribution in [-0.2, 0) is 0 Å². The Hall–Kier alpha value is -1.71. The number of benzene rings is 1. The van der Waals surface area contributed by atoms with Crippen molar-refractivity contribution in [3.8, 4) is 0 Å². The van der Waals surface area contributed by atoms with Gasteiger partial charge >= 0.3 is 0 Å². The minimum Gasteiger partial charge on any atom is -0.398 e. The van der Waals surface area contributed by atoms with Crippen molar-refractivity contribution >= 4 is 18.2 Å². The number of carbonyl (C=O) groups excluding carboxylic acids is 1. The lowest BCUT2D eigenvalue weighted by Gasteiger charge is -2.03. The molecule has 13 heavy (non-hydrogen) atoms. The van der Waals surface area contributed by atoms with Crippen molar-refractivity contribution in [3.05, 3.63) is 29.1 Å². The Morgan fingerprint density at radius 1 is 1.46 bits per heavy atom. The highest BCUT2D eigenvalue weighted by Crippen LogP contribution is 2.16. The number of nitrogens with two attached hydrogens (primary N) is 1. The Balaban J connectivity index is 3.42. The summed E-state index contributed by atoms with van der Waals surface area (Å²) in [6.07, 6.45) is 1.80. The SMILES string of the molecule is CN=Cc1c(N)ccc(F)c1C=O. The molecule has 0 aromatic heterocycles. The van der Waals surface area contributed by atoms with Gasteiger partial charge in [-0.25, -0.2) is 4.39 Å². The number of halogens is 1. The van der Waals surface area contributed by atoms with Crippen LogP contribution in [0.3, 0.4) is 0 Å². The first-order valence-electron chi connectivity index (χ1n) is 3.66. The second-order valence-electron chi connectivity index (χ2n) is 2.47. The summed E-state index contributed by atoms with van der Waals surface area (Å²) in [6.45, 7) is 0.